The van der Waals surface area contributed by atoms with Gasteiger partial charge in [-0.25, -0.2) is 4.57 Å². The van der Waals surface area contributed by atoms with Gasteiger partial charge in [0.1, 0.15) is 0 Å². The van der Waals surface area contributed by atoms with E-state index in [0.717, 1.165) is 12.2 Å². The van der Waals surface area contributed by atoms with Crippen LogP contribution in [0.2, 0.25) is 0 Å². The van der Waals surface area contributed by atoms with E-state index in [4.69, 9.17) is 9.79 Å². The van der Waals surface area contributed by atoms with Crippen LogP contribution in [-0.4, -0.2) is 26.3 Å². The summed E-state index contributed by atoms with van der Waals surface area (Å²) in [6.07, 6.45) is 1.61. The number of hydrogen-bond donors (Lipinski definition) is 2. The van der Waals surface area contributed by atoms with Gasteiger partial charge in [0.05, 0.1) is 0 Å². The van der Waals surface area contributed by atoms with Crippen molar-refractivity contribution in [2.75, 3.05) is 0 Å². The molecule has 0 bridgehead atoms. The summed E-state index contributed by atoms with van der Waals surface area (Å²) in [4.78, 5) is 37.9. The third-order valence-corrected chi connectivity index (χ3v) is 1.96. The predicted octanol–water partition coefficient (Wildman–Crippen LogP) is -0.996. The molecule has 6 nitrogen and oxygen atoms in total. The summed E-state index contributed by atoms with van der Waals surface area (Å²) in [5, 5.41) is 0. The van der Waals surface area contributed by atoms with Crippen molar-refractivity contribution in [3.05, 3.63) is 12.2 Å². The van der Waals surface area contributed by atoms with Crippen molar-refractivity contribution in [3.63, 3.8) is 0 Å². The molecule has 0 fully saturated rings. The predicted molar refractivity (Wildman–Crippen MR) is 33.0 cm³/mol. The first-order valence-electron chi connectivity index (χ1n) is 2.55. The molecule has 0 spiro atoms. The molecule has 0 saturated heterocycles. The minimum atomic E-state index is -4.75. The monoisotopic (exact) mass is 177 g/mol. The maximum absolute atomic E-state index is 10.6. The SMILES string of the molecule is O=C1C=CC(=O)N1P(=O)(O)O. The molecule has 2 N–H and O–H groups in total. The minimum absolute atomic E-state index is 0.0903. The highest BCUT2D eigenvalue weighted by Crippen LogP contribution is 2.41. The van der Waals surface area contributed by atoms with Crippen molar-refractivity contribution in [3.8, 4) is 0 Å². The van der Waals surface area contributed by atoms with E-state index in [-0.39, 0.29) is 4.67 Å². The van der Waals surface area contributed by atoms with Crippen molar-refractivity contribution in [1.29, 1.82) is 0 Å². The van der Waals surface area contributed by atoms with Gasteiger partial charge < -0.3 is 9.79 Å². The average molecular weight is 177 g/mol. The summed E-state index contributed by atoms with van der Waals surface area (Å²) in [5.41, 5.74) is 0. The highest BCUT2D eigenvalue weighted by atomic mass is 31.2. The Balaban J connectivity index is 3.01. The fraction of sp³-hybridized carbons (Fsp3) is 0. The lowest BCUT2D eigenvalue weighted by Gasteiger charge is -2.13. The number of carbonyl (C=O) groups is 2. The lowest BCUT2D eigenvalue weighted by Crippen LogP contribution is -2.26. The van der Waals surface area contributed by atoms with Gasteiger partial charge in [0.25, 0.3) is 11.8 Å². The first-order valence-corrected chi connectivity index (χ1v) is 4.11. The van der Waals surface area contributed by atoms with E-state index >= 15 is 0 Å². The summed E-state index contributed by atoms with van der Waals surface area (Å²) in [7, 11) is -4.75. The van der Waals surface area contributed by atoms with Crippen LogP contribution in [0.15, 0.2) is 12.2 Å². The van der Waals surface area contributed by atoms with Crippen LogP contribution in [0, 0.1) is 0 Å². The third-order valence-electron chi connectivity index (χ3n) is 1.05. The minimum Gasteiger partial charge on any atom is -0.308 e. The van der Waals surface area contributed by atoms with Crippen molar-refractivity contribution in [1.82, 2.24) is 4.67 Å². The number of amides is 2. The number of hydrogen-bond acceptors (Lipinski definition) is 3. The maximum Gasteiger partial charge on any atom is 0.439 e. The van der Waals surface area contributed by atoms with E-state index in [1.165, 1.54) is 0 Å². The Kier molecular flexibility index (Phi) is 1.67. The number of imide groups is 1. The van der Waals surface area contributed by atoms with E-state index in [1.54, 1.807) is 0 Å². The number of nitrogens with zero attached hydrogens (tertiary/aromatic N) is 1. The van der Waals surface area contributed by atoms with Gasteiger partial charge in [-0.3, -0.25) is 9.59 Å². The second-order valence-corrected chi connectivity index (χ2v) is 3.26. The summed E-state index contributed by atoms with van der Waals surface area (Å²) in [6.45, 7) is 0. The molecule has 0 unspecified atom stereocenters. The van der Waals surface area contributed by atoms with E-state index < -0.39 is 19.6 Å². The van der Waals surface area contributed by atoms with Crippen LogP contribution in [-0.2, 0) is 14.2 Å². The topological polar surface area (TPSA) is 94.9 Å². The highest BCUT2D eigenvalue weighted by Gasteiger charge is 2.37. The standard InChI is InChI=1S/C4H4NO5P/c6-3-1-2-4(7)5(3)11(8,9)10/h1-2H,(H2,8,9,10). The summed E-state index contributed by atoms with van der Waals surface area (Å²) in [6, 6.07) is 0. The van der Waals surface area contributed by atoms with E-state index in [9.17, 15) is 14.2 Å². The summed E-state index contributed by atoms with van der Waals surface area (Å²) < 4.78 is 10.3. The van der Waals surface area contributed by atoms with Crippen LogP contribution in [0.5, 0.6) is 0 Å². The largest absolute Gasteiger partial charge is 0.439 e. The molecule has 11 heavy (non-hydrogen) atoms. The molecule has 0 aromatic rings. The second kappa shape index (κ2) is 2.27. The molecule has 7 heteroatoms. The maximum atomic E-state index is 10.6. The Bertz CT molecular complexity index is 271. The number of carbonyl (C=O) groups excluding carboxylic acids is 2. The molecule has 2 amide bonds. The Morgan fingerprint density at radius 2 is 1.55 bits per heavy atom. The quantitative estimate of drug-likeness (QED) is 0.395. The molecule has 0 aromatic carbocycles. The zero-order chi connectivity index (χ0) is 8.65. The first kappa shape index (κ1) is 8.13. The van der Waals surface area contributed by atoms with Gasteiger partial charge >= 0.3 is 7.75 Å². The summed E-state index contributed by atoms with van der Waals surface area (Å²) >= 11 is 0. The van der Waals surface area contributed by atoms with Gasteiger partial charge in [0, 0.05) is 12.2 Å². The van der Waals surface area contributed by atoms with Gasteiger partial charge in [-0.05, 0) is 0 Å². The lowest BCUT2D eigenvalue weighted by atomic mass is 10.6. The molecule has 0 radical (unpaired) electrons. The normalized spacial score (nSPS) is 18.2. The highest BCUT2D eigenvalue weighted by molar-refractivity contribution is 7.51. The van der Waals surface area contributed by atoms with Gasteiger partial charge in [-0.2, -0.15) is 4.67 Å². The van der Waals surface area contributed by atoms with Crippen molar-refractivity contribution in [2.24, 2.45) is 0 Å². The zero-order valence-electron chi connectivity index (χ0n) is 5.17. The molecule has 60 valence electrons. The summed E-state index contributed by atoms with van der Waals surface area (Å²) in [5.74, 6) is -1.97. The molecule has 0 aromatic heterocycles. The molecule has 0 atom stereocenters. The molecule has 1 aliphatic rings. The third kappa shape index (κ3) is 1.37. The van der Waals surface area contributed by atoms with E-state index in [1.807, 2.05) is 0 Å². The molecule has 0 aliphatic carbocycles. The van der Waals surface area contributed by atoms with Crippen molar-refractivity contribution in [2.45, 2.75) is 0 Å². The number of rotatable bonds is 1. The molecular formula is C4H4NO5P. The Morgan fingerprint density at radius 3 is 1.73 bits per heavy atom. The van der Waals surface area contributed by atoms with E-state index in [2.05, 4.69) is 0 Å². The van der Waals surface area contributed by atoms with Gasteiger partial charge in [-0.1, -0.05) is 0 Å². The molecular weight excluding hydrogens is 173 g/mol. The van der Waals surface area contributed by atoms with Crippen LogP contribution in [0.4, 0.5) is 0 Å². The van der Waals surface area contributed by atoms with Gasteiger partial charge in [0.2, 0.25) is 0 Å². The fourth-order valence-electron chi connectivity index (χ4n) is 0.649. The Labute approximate surface area is 61.3 Å². The average Bonchev–Trinajstić information content (AvgIpc) is 2.08. The molecule has 0 saturated carbocycles. The van der Waals surface area contributed by atoms with Crippen LogP contribution in [0.3, 0.4) is 0 Å². The van der Waals surface area contributed by atoms with Crippen LogP contribution < -0.4 is 0 Å². The van der Waals surface area contributed by atoms with Crippen LogP contribution in [0.1, 0.15) is 0 Å². The smallest absolute Gasteiger partial charge is 0.308 e. The zero-order valence-corrected chi connectivity index (χ0v) is 6.06. The Hall–Kier alpha value is -0.970. The van der Waals surface area contributed by atoms with E-state index in [0.29, 0.717) is 0 Å². The van der Waals surface area contributed by atoms with Crippen molar-refractivity contribution < 1.29 is 23.9 Å². The van der Waals surface area contributed by atoms with Gasteiger partial charge in [-0.15, -0.1) is 0 Å². The fourth-order valence-corrected chi connectivity index (χ4v) is 1.30. The molecule has 1 rings (SSSR count). The van der Waals surface area contributed by atoms with Crippen LogP contribution in [0.25, 0.3) is 0 Å². The van der Waals surface area contributed by atoms with Gasteiger partial charge in [0.15, 0.2) is 0 Å². The second-order valence-electron chi connectivity index (χ2n) is 1.83. The van der Waals surface area contributed by atoms with Crippen LogP contribution >= 0.6 is 7.75 Å². The Morgan fingerprint density at radius 1 is 1.18 bits per heavy atom. The van der Waals surface area contributed by atoms with Crippen molar-refractivity contribution >= 4 is 19.6 Å². The molecule has 1 aliphatic heterocycles. The molecule has 1 heterocycles. The lowest BCUT2D eigenvalue weighted by molar-refractivity contribution is -0.132. The first-order chi connectivity index (χ1) is 4.93.